The van der Waals surface area contributed by atoms with Gasteiger partial charge in [-0.05, 0) is 82.6 Å². The van der Waals surface area contributed by atoms with Gasteiger partial charge >= 0.3 is 6.09 Å². The fourth-order valence-electron chi connectivity index (χ4n) is 5.18. The number of anilines is 3. The van der Waals surface area contributed by atoms with Crippen LogP contribution >= 0.6 is 0 Å². The van der Waals surface area contributed by atoms with Crippen LogP contribution in [0.5, 0.6) is 17.2 Å². The first-order valence-corrected chi connectivity index (χ1v) is 13.8. The summed E-state index contributed by atoms with van der Waals surface area (Å²) in [4.78, 5) is 30.4. The Kier molecular flexibility index (Phi) is 6.76. The van der Waals surface area contributed by atoms with E-state index in [0.29, 0.717) is 43.6 Å². The highest BCUT2D eigenvalue weighted by molar-refractivity contribution is 6.00. The number of hydrogen-bond acceptors (Lipinski definition) is 9. The number of benzene rings is 2. The number of carbonyl (C=O) groups excluding carboxylic acids is 1. The van der Waals surface area contributed by atoms with Crippen molar-refractivity contribution < 1.29 is 19.0 Å². The summed E-state index contributed by atoms with van der Waals surface area (Å²) in [6, 6.07) is 13.6. The standard InChI is InChI=1S/C31H34N6O4/c1-19-14-21(7-11-26(19)40-23-8-6-20(2)32-15-23)35-29-27-24(33-18-34-29)9-10-25-28(27)39-17-22-16-36(25)12-13-37(22)30(38)41-31(3,4)5/h6-11,14-15,18,22H,12-13,16-17H2,1-5H3,(H,33,34,35)/t22-/m1/s1. The van der Waals surface area contributed by atoms with Crippen molar-refractivity contribution in [1.82, 2.24) is 19.9 Å². The fourth-order valence-corrected chi connectivity index (χ4v) is 5.18. The maximum atomic E-state index is 12.9. The molecule has 1 fully saturated rings. The zero-order valence-electron chi connectivity index (χ0n) is 24.0. The van der Waals surface area contributed by atoms with E-state index in [1.54, 1.807) is 17.4 Å². The van der Waals surface area contributed by atoms with E-state index in [1.807, 2.05) is 77.1 Å². The minimum Gasteiger partial charge on any atom is -0.488 e. The summed E-state index contributed by atoms with van der Waals surface area (Å²) >= 11 is 0. The van der Waals surface area contributed by atoms with Gasteiger partial charge in [0.25, 0.3) is 0 Å². The Balaban J connectivity index is 1.27. The molecule has 1 N–H and O–H groups in total. The number of aryl methyl sites for hydroxylation is 2. The van der Waals surface area contributed by atoms with E-state index in [0.717, 1.165) is 39.3 Å². The molecular formula is C31H34N6O4. The van der Waals surface area contributed by atoms with Gasteiger partial charge in [-0.15, -0.1) is 0 Å². The van der Waals surface area contributed by atoms with Crippen LogP contribution in [0.2, 0.25) is 0 Å². The van der Waals surface area contributed by atoms with Gasteiger partial charge in [0.15, 0.2) is 5.75 Å². The molecule has 212 valence electrons. The number of aromatic nitrogens is 3. The molecule has 2 aromatic heterocycles. The van der Waals surface area contributed by atoms with Crippen LogP contribution in [0, 0.1) is 13.8 Å². The predicted molar refractivity (Wildman–Crippen MR) is 157 cm³/mol. The lowest BCUT2D eigenvalue weighted by Crippen LogP contribution is -2.57. The molecular weight excluding hydrogens is 520 g/mol. The average molecular weight is 555 g/mol. The smallest absolute Gasteiger partial charge is 0.410 e. The minimum absolute atomic E-state index is 0.138. The molecule has 10 nitrogen and oxygen atoms in total. The molecule has 4 aromatic rings. The van der Waals surface area contributed by atoms with Crippen molar-refractivity contribution in [1.29, 1.82) is 0 Å². The van der Waals surface area contributed by atoms with Gasteiger partial charge in [-0.3, -0.25) is 9.88 Å². The monoisotopic (exact) mass is 554 g/mol. The number of nitrogens with one attached hydrogen (secondary N) is 1. The zero-order chi connectivity index (χ0) is 28.7. The molecule has 1 atom stereocenters. The van der Waals surface area contributed by atoms with Crippen LogP contribution in [-0.2, 0) is 4.74 Å². The van der Waals surface area contributed by atoms with Gasteiger partial charge in [0.1, 0.15) is 35.9 Å². The van der Waals surface area contributed by atoms with Crippen LogP contribution in [-0.4, -0.2) is 63.8 Å². The Labute approximate surface area is 239 Å². The minimum atomic E-state index is -0.558. The van der Waals surface area contributed by atoms with Crippen LogP contribution in [0.3, 0.4) is 0 Å². The van der Waals surface area contributed by atoms with Crippen LogP contribution in [0.15, 0.2) is 55.0 Å². The fraction of sp³-hybridized carbons (Fsp3) is 0.355. The lowest BCUT2D eigenvalue weighted by molar-refractivity contribution is 0.00980. The Bertz CT molecular complexity index is 1600. The van der Waals surface area contributed by atoms with E-state index in [1.165, 1.54) is 0 Å². The Morgan fingerprint density at radius 3 is 2.66 bits per heavy atom. The van der Waals surface area contributed by atoms with Crippen molar-refractivity contribution in [2.45, 2.75) is 46.3 Å². The summed E-state index contributed by atoms with van der Waals surface area (Å²) in [6.07, 6.45) is 2.96. The first kappa shape index (κ1) is 26.6. The van der Waals surface area contributed by atoms with Gasteiger partial charge in [-0.1, -0.05) is 0 Å². The molecule has 2 aliphatic heterocycles. The summed E-state index contributed by atoms with van der Waals surface area (Å²) < 4.78 is 18.2. The third-order valence-electron chi connectivity index (χ3n) is 7.16. The van der Waals surface area contributed by atoms with Gasteiger partial charge in [0, 0.05) is 31.0 Å². The second kappa shape index (κ2) is 10.4. The van der Waals surface area contributed by atoms with E-state index in [9.17, 15) is 4.79 Å². The maximum Gasteiger partial charge on any atom is 0.410 e. The SMILES string of the molecule is Cc1ccc(Oc2ccc(Nc3ncnc4ccc5c(c34)OC[C@H]3CN5CCN3C(=O)OC(C)(C)C)cc2C)cn1. The summed E-state index contributed by atoms with van der Waals surface area (Å²) in [5.41, 5.74) is 3.94. The molecule has 0 aliphatic carbocycles. The zero-order valence-corrected chi connectivity index (χ0v) is 24.0. The molecule has 1 amide bonds. The molecule has 2 aromatic carbocycles. The number of amides is 1. The molecule has 0 radical (unpaired) electrons. The van der Waals surface area contributed by atoms with Gasteiger partial charge in [0.05, 0.1) is 28.8 Å². The Hall–Kier alpha value is -4.60. The lowest BCUT2D eigenvalue weighted by Gasteiger charge is -2.40. The highest BCUT2D eigenvalue weighted by atomic mass is 16.6. The van der Waals surface area contributed by atoms with Crippen molar-refractivity contribution in [3.63, 3.8) is 0 Å². The first-order valence-electron chi connectivity index (χ1n) is 13.8. The van der Waals surface area contributed by atoms with Crippen molar-refractivity contribution in [3.05, 3.63) is 66.2 Å². The van der Waals surface area contributed by atoms with E-state index in [-0.39, 0.29) is 12.1 Å². The predicted octanol–water partition coefficient (Wildman–Crippen LogP) is 6.00. The molecule has 4 heterocycles. The van der Waals surface area contributed by atoms with Gasteiger partial charge in [0.2, 0.25) is 0 Å². The number of piperazine rings is 1. The molecule has 0 saturated carbocycles. The number of pyridine rings is 1. The average Bonchev–Trinajstić information content (AvgIpc) is 3.06. The van der Waals surface area contributed by atoms with Gasteiger partial charge in [-0.2, -0.15) is 0 Å². The largest absolute Gasteiger partial charge is 0.488 e. The van der Waals surface area contributed by atoms with Crippen molar-refractivity contribution in [2.24, 2.45) is 0 Å². The second-order valence-electron chi connectivity index (χ2n) is 11.5. The van der Waals surface area contributed by atoms with Crippen molar-refractivity contribution in [2.75, 3.05) is 36.5 Å². The maximum absolute atomic E-state index is 12.9. The topological polar surface area (TPSA) is 102 Å². The number of carbonyl (C=O) groups is 1. The third-order valence-corrected chi connectivity index (χ3v) is 7.16. The highest BCUT2D eigenvalue weighted by Crippen LogP contribution is 2.42. The molecule has 10 heteroatoms. The van der Waals surface area contributed by atoms with Crippen molar-refractivity contribution in [3.8, 4) is 17.2 Å². The van der Waals surface area contributed by atoms with Gasteiger partial charge in [-0.25, -0.2) is 14.8 Å². The third kappa shape index (κ3) is 5.54. The van der Waals surface area contributed by atoms with Crippen molar-refractivity contribution >= 4 is 34.2 Å². The number of ether oxygens (including phenoxy) is 3. The Morgan fingerprint density at radius 1 is 1.05 bits per heavy atom. The number of fused-ring (bicyclic) bond motifs is 6. The van der Waals surface area contributed by atoms with Crippen LogP contribution in [0.1, 0.15) is 32.0 Å². The molecule has 6 rings (SSSR count). The van der Waals surface area contributed by atoms with Crippen LogP contribution in [0.25, 0.3) is 10.9 Å². The normalized spacial score (nSPS) is 16.5. The summed E-state index contributed by atoms with van der Waals surface area (Å²) in [5.74, 6) is 2.79. The first-order chi connectivity index (χ1) is 19.6. The van der Waals surface area contributed by atoms with E-state index in [4.69, 9.17) is 14.2 Å². The molecule has 0 spiro atoms. The summed E-state index contributed by atoms with van der Waals surface area (Å²) in [6.45, 7) is 11.8. The summed E-state index contributed by atoms with van der Waals surface area (Å²) in [5, 5.41) is 4.26. The highest BCUT2D eigenvalue weighted by Gasteiger charge is 2.37. The lowest BCUT2D eigenvalue weighted by atomic mass is 10.1. The molecule has 2 aliphatic rings. The second-order valence-corrected chi connectivity index (χ2v) is 11.5. The number of nitrogens with zero attached hydrogens (tertiary/aromatic N) is 5. The summed E-state index contributed by atoms with van der Waals surface area (Å²) in [7, 11) is 0. The number of rotatable bonds is 4. The van der Waals surface area contributed by atoms with E-state index in [2.05, 4.69) is 25.2 Å². The number of hydrogen-bond donors (Lipinski definition) is 1. The molecule has 2 bridgehead atoms. The molecule has 1 saturated heterocycles. The van der Waals surface area contributed by atoms with E-state index >= 15 is 0 Å². The Morgan fingerprint density at radius 2 is 1.90 bits per heavy atom. The van der Waals surface area contributed by atoms with Gasteiger partial charge < -0.3 is 24.4 Å². The quantitative estimate of drug-likeness (QED) is 0.326. The van der Waals surface area contributed by atoms with E-state index < -0.39 is 5.60 Å². The molecule has 41 heavy (non-hydrogen) atoms. The van der Waals surface area contributed by atoms with Crippen LogP contribution < -0.4 is 19.7 Å². The van der Waals surface area contributed by atoms with Crippen LogP contribution in [0.4, 0.5) is 22.0 Å². The molecule has 0 unspecified atom stereocenters.